The van der Waals surface area contributed by atoms with E-state index in [-0.39, 0.29) is 37.3 Å². The summed E-state index contributed by atoms with van der Waals surface area (Å²) in [4.78, 5) is 36.5. The fourth-order valence-electron chi connectivity index (χ4n) is 3.08. The summed E-state index contributed by atoms with van der Waals surface area (Å²) in [6.45, 7) is 10.7. The number of nitrogens with one attached hydrogen (secondary N) is 2. The Bertz CT molecular complexity index is 1040. The zero-order chi connectivity index (χ0) is 26.2. The predicted octanol–water partition coefficient (Wildman–Crippen LogP) is 1.83. The van der Waals surface area contributed by atoms with Gasteiger partial charge in [-0.05, 0) is 41.5 Å². The molecule has 0 amide bonds. The Morgan fingerprint density at radius 3 is 2.43 bits per heavy atom. The highest BCUT2D eigenvalue weighted by Crippen LogP contribution is 2.37. The fourth-order valence-corrected chi connectivity index (χ4v) is 5.01. The molecule has 0 radical (unpaired) electrons. The summed E-state index contributed by atoms with van der Waals surface area (Å²) in [6.07, 6.45) is 1.74. The van der Waals surface area contributed by atoms with Gasteiger partial charge in [-0.15, -0.1) is 0 Å². The van der Waals surface area contributed by atoms with Crippen LogP contribution in [0, 0.1) is 0 Å². The van der Waals surface area contributed by atoms with Gasteiger partial charge in [0.1, 0.15) is 24.2 Å². The summed E-state index contributed by atoms with van der Waals surface area (Å²) in [6, 6.07) is -0.866. The van der Waals surface area contributed by atoms with Gasteiger partial charge in [-0.25, -0.2) is 20.0 Å². The fraction of sp³-hybridized carbons (Fsp3) is 0.667. The lowest BCUT2D eigenvalue weighted by atomic mass is 10.4. The molecule has 0 fully saturated rings. The molecule has 2 rings (SSSR count). The standard InChI is InChI=1S/C21H36N7O6P/c1-13(2)33-17(29)7-8-26-35(31,27-16(6)21(30)34-14(3)4)12-32-15(5)9-28-11-25-18-19(22)23-10-24-20(18)28/h10-11,13-16H,7-9,12H2,1-6H3,(H2,22,23,24)(H2,26,27,31)/t15-,16+,35-/m1/s1. The molecule has 0 aliphatic heterocycles. The monoisotopic (exact) mass is 513 g/mol. The highest BCUT2D eigenvalue weighted by atomic mass is 31.2. The Hall–Kier alpha value is -2.60. The van der Waals surface area contributed by atoms with Gasteiger partial charge in [0.05, 0.1) is 37.6 Å². The minimum Gasteiger partial charge on any atom is -0.463 e. The first kappa shape index (κ1) is 28.6. The number of ether oxygens (including phenoxy) is 3. The van der Waals surface area contributed by atoms with E-state index in [4.69, 9.17) is 19.9 Å². The molecule has 4 N–H and O–H groups in total. The number of hydrogen-bond donors (Lipinski definition) is 3. The minimum absolute atomic E-state index is 0.00633. The average molecular weight is 514 g/mol. The smallest absolute Gasteiger partial charge is 0.323 e. The zero-order valence-corrected chi connectivity index (χ0v) is 21.9. The number of esters is 2. The number of fused-ring (bicyclic) bond motifs is 1. The van der Waals surface area contributed by atoms with Crippen LogP contribution >= 0.6 is 7.44 Å². The Kier molecular flexibility index (Phi) is 10.6. The first-order valence-corrected chi connectivity index (χ1v) is 13.3. The van der Waals surface area contributed by atoms with Gasteiger partial charge in [-0.1, -0.05) is 0 Å². The van der Waals surface area contributed by atoms with Crippen molar-refractivity contribution >= 4 is 36.4 Å². The van der Waals surface area contributed by atoms with Gasteiger partial charge in [-0.2, -0.15) is 0 Å². The molecule has 3 atom stereocenters. The van der Waals surface area contributed by atoms with Crippen molar-refractivity contribution in [2.75, 3.05) is 18.6 Å². The highest BCUT2D eigenvalue weighted by Gasteiger charge is 2.29. The highest BCUT2D eigenvalue weighted by molar-refractivity contribution is 7.59. The van der Waals surface area contributed by atoms with E-state index in [0.29, 0.717) is 17.7 Å². The number of nitrogens with two attached hydrogens (primary N) is 1. The number of nitrogen functional groups attached to an aromatic ring is 1. The maximum atomic E-state index is 13.6. The van der Waals surface area contributed by atoms with Gasteiger partial charge >= 0.3 is 11.9 Å². The van der Waals surface area contributed by atoms with Crippen molar-refractivity contribution in [3.63, 3.8) is 0 Å². The molecule has 0 saturated carbocycles. The van der Waals surface area contributed by atoms with Gasteiger partial charge in [-0.3, -0.25) is 19.2 Å². The average Bonchev–Trinajstić information content (AvgIpc) is 3.15. The van der Waals surface area contributed by atoms with Crippen LogP contribution in [0.4, 0.5) is 5.82 Å². The molecule has 196 valence electrons. The van der Waals surface area contributed by atoms with E-state index in [1.54, 1.807) is 52.4 Å². The van der Waals surface area contributed by atoms with Gasteiger partial charge in [0.2, 0.25) is 7.44 Å². The molecular weight excluding hydrogens is 477 g/mol. The van der Waals surface area contributed by atoms with E-state index in [0.717, 1.165) is 0 Å². The number of anilines is 1. The van der Waals surface area contributed by atoms with Crippen LogP contribution in [0.25, 0.3) is 11.2 Å². The van der Waals surface area contributed by atoms with Crippen molar-refractivity contribution in [1.82, 2.24) is 29.7 Å². The largest absolute Gasteiger partial charge is 0.463 e. The number of imidazole rings is 1. The molecule has 35 heavy (non-hydrogen) atoms. The van der Waals surface area contributed by atoms with Crippen molar-refractivity contribution in [2.24, 2.45) is 0 Å². The maximum Gasteiger partial charge on any atom is 0.323 e. The van der Waals surface area contributed by atoms with Crippen LogP contribution in [0.2, 0.25) is 0 Å². The molecule has 13 nitrogen and oxygen atoms in total. The summed E-state index contributed by atoms with van der Waals surface area (Å²) in [5, 5.41) is 5.65. The van der Waals surface area contributed by atoms with Crippen molar-refractivity contribution in [2.45, 2.75) is 78.9 Å². The predicted molar refractivity (Wildman–Crippen MR) is 130 cm³/mol. The second kappa shape index (κ2) is 12.9. The third kappa shape index (κ3) is 9.17. The number of carbonyl (C=O) groups is 2. The van der Waals surface area contributed by atoms with Crippen molar-refractivity contribution in [3.05, 3.63) is 12.7 Å². The lowest BCUT2D eigenvalue weighted by Gasteiger charge is -2.26. The van der Waals surface area contributed by atoms with Crippen LogP contribution in [-0.2, 0) is 34.9 Å². The van der Waals surface area contributed by atoms with E-state index in [2.05, 4.69) is 25.1 Å². The molecule has 2 aromatic heterocycles. The van der Waals surface area contributed by atoms with E-state index in [9.17, 15) is 14.2 Å². The lowest BCUT2D eigenvalue weighted by Crippen LogP contribution is -2.39. The molecule has 0 bridgehead atoms. The Balaban J connectivity index is 2.03. The van der Waals surface area contributed by atoms with Gasteiger partial charge in [0.25, 0.3) is 0 Å². The topological polar surface area (TPSA) is 173 Å². The van der Waals surface area contributed by atoms with Crippen LogP contribution in [0.3, 0.4) is 0 Å². The molecule has 0 aliphatic carbocycles. The van der Waals surface area contributed by atoms with Gasteiger partial charge in [0, 0.05) is 6.54 Å². The Labute approximate surface area is 205 Å². The minimum atomic E-state index is -3.46. The van der Waals surface area contributed by atoms with E-state index < -0.39 is 31.5 Å². The maximum absolute atomic E-state index is 13.6. The lowest BCUT2D eigenvalue weighted by molar-refractivity contribution is -0.149. The van der Waals surface area contributed by atoms with Crippen LogP contribution in [0.5, 0.6) is 0 Å². The first-order valence-electron chi connectivity index (χ1n) is 11.4. The van der Waals surface area contributed by atoms with Gasteiger partial charge < -0.3 is 24.5 Å². The van der Waals surface area contributed by atoms with Crippen LogP contribution in [0.15, 0.2) is 12.7 Å². The third-order valence-corrected chi connectivity index (χ3v) is 6.65. The van der Waals surface area contributed by atoms with E-state index >= 15 is 0 Å². The van der Waals surface area contributed by atoms with Gasteiger partial charge in [0.15, 0.2) is 11.5 Å². The third-order valence-electron chi connectivity index (χ3n) is 4.60. The van der Waals surface area contributed by atoms with Crippen LogP contribution in [-0.4, -0.2) is 68.7 Å². The number of hydrogen-bond acceptors (Lipinski definition) is 10. The Morgan fingerprint density at radius 1 is 1.09 bits per heavy atom. The van der Waals surface area contributed by atoms with Crippen molar-refractivity contribution in [1.29, 1.82) is 0 Å². The number of carbonyl (C=O) groups excluding carboxylic acids is 2. The van der Waals surface area contributed by atoms with Crippen LogP contribution in [0.1, 0.15) is 48.0 Å². The zero-order valence-electron chi connectivity index (χ0n) is 21.1. The molecule has 0 aliphatic rings. The SMILES string of the molecule is CC(C)OC(=O)CCN[P@](=O)(CO[C@H](C)Cn1cnc2c(N)ncnc21)N[C@@H](C)C(=O)OC(C)C. The summed E-state index contributed by atoms with van der Waals surface area (Å²) >= 11 is 0. The summed E-state index contributed by atoms with van der Waals surface area (Å²) in [7, 11) is -3.46. The van der Waals surface area contributed by atoms with E-state index in [1.165, 1.54) is 6.33 Å². The molecule has 0 spiro atoms. The molecule has 2 heterocycles. The molecule has 0 aromatic carbocycles. The van der Waals surface area contributed by atoms with E-state index in [1.807, 2.05) is 0 Å². The van der Waals surface area contributed by atoms with Crippen molar-refractivity contribution < 1.29 is 28.4 Å². The molecule has 0 saturated heterocycles. The van der Waals surface area contributed by atoms with Crippen LogP contribution < -0.4 is 15.9 Å². The normalized spacial score (nSPS) is 15.2. The summed E-state index contributed by atoms with van der Waals surface area (Å²) in [5.74, 6) is -0.691. The molecule has 0 unspecified atom stereocenters. The summed E-state index contributed by atoms with van der Waals surface area (Å²) in [5.41, 5.74) is 6.87. The second-order valence-corrected chi connectivity index (χ2v) is 11.0. The first-order chi connectivity index (χ1) is 16.4. The Morgan fingerprint density at radius 2 is 1.77 bits per heavy atom. The number of nitrogens with zero attached hydrogens (tertiary/aromatic N) is 4. The number of aromatic nitrogens is 4. The summed E-state index contributed by atoms with van der Waals surface area (Å²) < 4.78 is 31.5. The second-order valence-electron chi connectivity index (χ2n) is 8.71. The quantitative estimate of drug-likeness (QED) is 0.247. The van der Waals surface area contributed by atoms with Crippen molar-refractivity contribution in [3.8, 4) is 0 Å². The molecule has 2 aromatic rings. The number of rotatable bonds is 14. The molecular formula is C21H36N7O6P. The molecule has 14 heteroatoms.